The van der Waals surface area contributed by atoms with E-state index in [1.807, 2.05) is 24.8 Å². The highest BCUT2D eigenvalue weighted by atomic mass is 32.2. The number of amides is 1. The topological polar surface area (TPSA) is 46.3 Å². The Hall–Kier alpha value is -2.53. The quantitative estimate of drug-likeness (QED) is 0.616. The molecule has 0 radical (unpaired) electrons. The predicted molar refractivity (Wildman–Crippen MR) is 110 cm³/mol. The summed E-state index contributed by atoms with van der Waals surface area (Å²) in [5.41, 5.74) is 7.39. The van der Waals surface area contributed by atoms with Crippen molar-refractivity contribution < 1.29 is 9.32 Å². The van der Waals surface area contributed by atoms with Crippen LogP contribution in [-0.4, -0.2) is 16.8 Å². The molecule has 27 heavy (non-hydrogen) atoms. The molecule has 4 nitrogen and oxygen atoms in total. The molecule has 1 unspecified atom stereocenters. The van der Waals surface area contributed by atoms with Gasteiger partial charge < -0.3 is 4.52 Å². The van der Waals surface area contributed by atoms with E-state index >= 15 is 0 Å². The molecule has 0 bridgehead atoms. The van der Waals surface area contributed by atoms with Gasteiger partial charge in [-0.15, -0.1) is 11.8 Å². The molecule has 1 saturated heterocycles. The molecule has 3 aromatic rings. The van der Waals surface area contributed by atoms with Crippen LogP contribution >= 0.6 is 11.8 Å². The summed E-state index contributed by atoms with van der Waals surface area (Å²) < 4.78 is 5.30. The van der Waals surface area contributed by atoms with Crippen LogP contribution in [0, 0.1) is 27.7 Å². The Kier molecular flexibility index (Phi) is 4.56. The Morgan fingerprint density at radius 1 is 1.07 bits per heavy atom. The minimum atomic E-state index is 0.0155. The zero-order chi connectivity index (χ0) is 19.1. The van der Waals surface area contributed by atoms with Gasteiger partial charge in [-0.3, -0.25) is 9.69 Å². The zero-order valence-electron chi connectivity index (χ0n) is 15.9. The zero-order valence-corrected chi connectivity index (χ0v) is 16.8. The molecule has 1 aliphatic heterocycles. The Balaban J connectivity index is 1.73. The van der Waals surface area contributed by atoms with E-state index in [4.69, 9.17) is 4.52 Å². The number of nitrogens with zero attached hydrogens (tertiary/aromatic N) is 2. The number of rotatable bonds is 3. The molecule has 5 heteroatoms. The largest absolute Gasteiger partial charge is 0.361 e. The Morgan fingerprint density at radius 2 is 1.81 bits per heavy atom. The molecule has 1 aliphatic rings. The van der Waals surface area contributed by atoms with Gasteiger partial charge in [0.05, 0.1) is 11.4 Å². The van der Waals surface area contributed by atoms with Crippen LogP contribution in [0.15, 0.2) is 47.0 Å². The van der Waals surface area contributed by atoms with E-state index in [9.17, 15) is 4.79 Å². The van der Waals surface area contributed by atoms with Crippen LogP contribution in [0.25, 0.3) is 11.1 Å². The highest BCUT2D eigenvalue weighted by Gasteiger charge is 2.34. The van der Waals surface area contributed by atoms with E-state index in [-0.39, 0.29) is 11.3 Å². The molecule has 0 saturated carbocycles. The van der Waals surface area contributed by atoms with Gasteiger partial charge in [0.2, 0.25) is 5.91 Å². The summed E-state index contributed by atoms with van der Waals surface area (Å²) in [5, 5.41) is 4.07. The van der Waals surface area contributed by atoms with E-state index in [1.165, 1.54) is 5.56 Å². The SMILES string of the molecule is Cc1ccc(C2SCC(=O)N2c2ccc(-c3c(C)noc3C)cc2C)cc1. The summed E-state index contributed by atoms with van der Waals surface area (Å²) in [6, 6.07) is 14.6. The van der Waals surface area contributed by atoms with Crippen molar-refractivity contribution >= 4 is 23.4 Å². The minimum Gasteiger partial charge on any atom is -0.361 e. The van der Waals surface area contributed by atoms with E-state index in [0.717, 1.165) is 39.4 Å². The van der Waals surface area contributed by atoms with E-state index in [2.05, 4.69) is 55.4 Å². The normalized spacial score (nSPS) is 17.0. The average Bonchev–Trinajstić information content (AvgIpc) is 3.18. The number of carbonyl (C=O) groups excluding carboxylic acids is 1. The Bertz CT molecular complexity index is 988. The fourth-order valence-corrected chi connectivity index (χ4v) is 4.81. The van der Waals surface area contributed by atoms with E-state index in [1.54, 1.807) is 11.8 Å². The molecule has 2 aromatic carbocycles. The summed E-state index contributed by atoms with van der Waals surface area (Å²) in [7, 11) is 0. The second-order valence-electron chi connectivity index (χ2n) is 7.04. The monoisotopic (exact) mass is 378 g/mol. The maximum Gasteiger partial charge on any atom is 0.238 e. The fourth-order valence-electron chi connectivity index (χ4n) is 3.64. The molecule has 1 amide bonds. The van der Waals surface area contributed by atoms with Crippen molar-refractivity contribution in [3.63, 3.8) is 0 Å². The second-order valence-corrected chi connectivity index (χ2v) is 8.11. The lowest BCUT2D eigenvalue weighted by Crippen LogP contribution is -2.28. The maximum atomic E-state index is 12.7. The molecule has 0 N–H and O–H groups in total. The first-order valence-corrected chi connectivity index (χ1v) is 10.0. The first kappa shape index (κ1) is 17.9. The van der Waals surface area contributed by atoms with Crippen LogP contribution in [0.1, 0.15) is 33.5 Å². The van der Waals surface area contributed by atoms with Gasteiger partial charge in [0.15, 0.2) is 0 Å². The molecular weight excluding hydrogens is 356 g/mol. The van der Waals surface area contributed by atoms with Crippen molar-refractivity contribution in [2.75, 3.05) is 10.7 Å². The number of hydrogen-bond acceptors (Lipinski definition) is 4. The van der Waals surface area contributed by atoms with Gasteiger partial charge in [-0.1, -0.05) is 41.1 Å². The number of thioether (sulfide) groups is 1. The van der Waals surface area contributed by atoms with Gasteiger partial charge in [-0.2, -0.15) is 0 Å². The summed E-state index contributed by atoms with van der Waals surface area (Å²) in [6.45, 7) is 8.00. The van der Waals surface area contributed by atoms with Crippen LogP contribution in [0.5, 0.6) is 0 Å². The summed E-state index contributed by atoms with van der Waals surface area (Å²) in [5.74, 6) is 1.47. The van der Waals surface area contributed by atoms with Gasteiger partial charge in [0, 0.05) is 11.3 Å². The smallest absolute Gasteiger partial charge is 0.238 e. The summed E-state index contributed by atoms with van der Waals surface area (Å²) >= 11 is 1.68. The number of hydrogen-bond donors (Lipinski definition) is 0. The average molecular weight is 378 g/mol. The highest BCUT2D eigenvalue weighted by Crippen LogP contribution is 2.43. The molecule has 1 atom stereocenters. The highest BCUT2D eigenvalue weighted by molar-refractivity contribution is 8.00. The summed E-state index contributed by atoms with van der Waals surface area (Å²) in [4.78, 5) is 14.6. The van der Waals surface area contributed by atoms with Gasteiger partial charge >= 0.3 is 0 Å². The number of aromatic nitrogens is 1. The van der Waals surface area contributed by atoms with Crippen LogP contribution in [0.2, 0.25) is 0 Å². The fraction of sp³-hybridized carbons (Fsp3) is 0.273. The van der Waals surface area contributed by atoms with Crippen molar-refractivity contribution in [2.45, 2.75) is 33.1 Å². The first-order valence-electron chi connectivity index (χ1n) is 9.00. The Morgan fingerprint density at radius 3 is 2.44 bits per heavy atom. The van der Waals surface area contributed by atoms with Crippen molar-refractivity contribution in [2.24, 2.45) is 0 Å². The number of benzene rings is 2. The van der Waals surface area contributed by atoms with Crippen molar-refractivity contribution in [1.29, 1.82) is 0 Å². The van der Waals surface area contributed by atoms with Crippen molar-refractivity contribution in [1.82, 2.24) is 5.16 Å². The molecule has 0 aliphatic carbocycles. The third-order valence-electron chi connectivity index (χ3n) is 5.01. The lowest BCUT2D eigenvalue weighted by atomic mass is 10.0. The van der Waals surface area contributed by atoms with Crippen LogP contribution in [0.4, 0.5) is 5.69 Å². The van der Waals surface area contributed by atoms with Crippen molar-refractivity contribution in [3.8, 4) is 11.1 Å². The maximum absolute atomic E-state index is 12.7. The van der Waals surface area contributed by atoms with E-state index < -0.39 is 0 Å². The predicted octanol–water partition coefficient (Wildman–Crippen LogP) is 5.35. The summed E-state index contributed by atoms with van der Waals surface area (Å²) in [6.07, 6.45) is 0. The molecule has 2 heterocycles. The first-order chi connectivity index (χ1) is 13.0. The number of anilines is 1. The van der Waals surface area contributed by atoms with Crippen molar-refractivity contribution in [3.05, 3.63) is 70.6 Å². The minimum absolute atomic E-state index is 0.0155. The molecular formula is C22H22N2O2S. The van der Waals surface area contributed by atoms with Crippen LogP contribution < -0.4 is 4.90 Å². The lowest BCUT2D eigenvalue weighted by Gasteiger charge is -2.26. The molecule has 138 valence electrons. The standard InChI is InChI=1S/C22H22N2O2S/c1-13-5-7-17(8-6-13)22-24(20(25)12-27-22)19-10-9-18(11-14(19)2)21-15(3)23-26-16(21)4/h5-11,22H,12H2,1-4H3. The number of aryl methyl sites for hydroxylation is 4. The molecule has 4 rings (SSSR count). The Labute approximate surface area is 163 Å². The van der Waals surface area contributed by atoms with Crippen LogP contribution in [-0.2, 0) is 4.79 Å². The van der Waals surface area contributed by atoms with Gasteiger partial charge in [0.1, 0.15) is 11.1 Å². The third kappa shape index (κ3) is 3.16. The van der Waals surface area contributed by atoms with Crippen LogP contribution in [0.3, 0.4) is 0 Å². The molecule has 1 fully saturated rings. The van der Waals surface area contributed by atoms with Gasteiger partial charge in [-0.25, -0.2) is 0 Å². The van der Waals surface area contributed by atoms with Gasteiger partial charge in [-0.05, 0) is 56.5 Å². The molecule has 0 spiro atoms. The third-order valence-corrected chi connectivity index (χ3v) is 6.22. The van der Waals surface area contributed by atoms with E-state index in [0.29, 0.717) is 5.75 Å². The lowest BCUT2D eigenvalue weighted by molar-refractivity contribution is -0.115. The number of carbonyl (C=O) groups is 1. The molecule has 1 aromatic heterocycles. The van der Waals surface area contributed by atoms with Gasteiger partial charge in [0.25, 0.3) is 0 Å². The second kappa shape index (κ2) is 6.89.